The Bertz CT molecular complexity index is 464. The van der Waals surface area contributed by atoms with Crippen LogP contribution in [0.3, 0.4) is 0 Å². The Morgan fingerprint density at radius 3 is 3.20 bits per heavy atom. The summed E-state index contributed by atoms with van der Waals surface area (Å²) in [6.45, 7) is 4.63. The van der Waals surface area contributed by atoms with E-state index in [0.717, 1.165) is 35.7 Å². The standard InChI is InChI=1S/C16H23BrN2O/c1-18-9-12-3-2-6-19(10-12)11-15-8-13-7-14(17)4-5-16(13)20-15/h4-5,7,12,15,18H,2-3,6,8-11H2,1H3. The number of likely N-dealkylation sites (tertiary alicyclic amines) is 1. The van der Waals surface area contributed by atoms with Crippen molar-refractivity contribution in [2.24, 2.45) is 5.92 Å². The molecule has 20 heavy (non-hydrogen) atoms. The van der Waals surface area contributed by atoms with E-state index in [1.807, 2.05) is 7.05 Å². The first-order chi connectivity index (χ1) is 9.74. The Balaban J connectivity index is 1.55. The predicted molar refractivity (Wildman–Crippen MR) is 85.4 cm³/mol. The van der Waals surface area contributed by atoms with Crippen molar-refractivity contribution in [3.63, 3.8) is 0 Å². The Kier molecular flexibility index (Phi) is 4.64. The molecule has 0 saturated carbocycles. The number of halogens is 1. The molecule has 1 aromatic carbocycles. The minimum atomic E-state index is 0.327. The van der Waals surface area contributed by atoms with Gasteiger partial charge < -0.3 is 10.1 Å². The summed E-state index contributed by atoms with van der Waals surface area (Å²) in [5.41, 5.74) is 1.34. The van der Waals surface area contributed by atoms with Crippen molar-refractivity contribution in [3.8, 4) is 5.75 Å². The van der Waals surface area contributed by atoms with Crippen LogP contribution in [0.2, 0.25) is 0 Å². The fourth-order valence-corrected chi connectivity index (χ4v) is 3.86. The molecule has 4 heteroatoms. The molecule has 1 N–H and O–H groups in total. The van der Waals surface area contributed by atoms with Gasteiger partial charge in [0.05, 0.1) is 0 Å². The number of hydrogen-bond donors (Lipinski definition) is 1. The Labute approximate surface area is 129 Å². The van der Waals surface area contributed by atoms with E-state index in [-0.39, 0.29) is 0 Å². The highest BCUT2D eigenvalue weighted by Crippen LogP contribution is 2.31. The van der Waals surface area contributed by atoms with Gasteiger partial charge in [-0.2, -0.15) is 0 Å². The number of nitrogens with one attached hydrogen (secondary N) is 1. The van der Waals surface area contributed by atoms with Gasteiger partial charge >= 0.3 is 0 Å². The molecule has 0 aliphatic carbocycles. The molecule has 1 fully saturated rings. The number of fused-ring (bicyclic) bond motifs is 1. The number of hydrogen-bond acceptors (Lipinski definition) is 3. The SMILES string of the molecule is CNCC1CCCN(CC2Cc3cc(Br)ccc3O2)C1. The zero-order valence-electron chi connectivity index (χ0n) is 12.1. The largest absolute Gasteiger partial charge is 0.488 e. The molecule has 2 atom stereocenters. The van der Waals surface area contributed by atoms with E-state index in [1.54, 1.807) is 0 Å². The highest BCUT2D eigenvalue weighted by Gasteiger charge is 2.27. The van der Waals surface area contributed by atoms with Crippen LogP contribution in [-0.4, -0.2) is 44.2 Å². The summed E-state index contributed by atoms with van der Waals surface area (Å²) in [7, 11) is 2.05. The molecule has 110 valence electrons. The molecule has 1 aromatic rings. The van der Waals surface area contributed by atoms with Crippen LogP contribution >= 0.6 is 15.9 Å². The second-order valence-electron chi connectivity index (χ2n) is 6.02. The predicted octanol–water partition coefficient (Wildman–Crippen LogP) is 2.68. The number of piperidine rings is 1. The molecule has 2 aliphatic rings. The van der Waals surface area contributed by atoms with Crippen LogP contribution in [0.1, 0.15) is 18.4 Å². The number of rotatable bonds is 4. The summed E-state index contributed by atoms with van der Waals surface area (Å²) in [5, 5.41) is 3.31. The van der Waals surface area contributed by atoms with Crippen molar-refractivity contribution in [1.82, 2.24) is 10.2 Å². The summed E-state index contributed by atoms with van der Waals surface area (Å²) in [4.78, 5) is 2.58. The Morgan fingerprint density at radius 2 is 2.35 bits per heavy atom. The number of nitrogens with zero attached hydrogens (tertiary/aromatic N) is 1. The second-order valence-corrected chi connectivity index (χ2v) is 6.94. The van der Waals surface area contributed by atoms with E-state index in [0.29, 0.717) is 6.10 Å². The zero-order chi connectivity index (χ0) is 13.9. The molecule has 2 unspecified atom stereocenters. The quantitative estimate of drug-likeness (QED) is 0.913. The van der Waals surface area contributed by atoms with Gasteiger partial charge in [-0.25, -0.2) is 0 Å². The van der Waals surface area contributed by atoms with Gasteiger partial charge in [-0.3, -0.25) is 4.90 Å². The lowest BCUT2D eigenvalue weighted by atomic mass is 9.97. The van der Waals surface area contributed by atoms with Gasteiger partial charge in [0, 0.05) is 24.0 Å². The van der Waals surface area contributed by atoms with Crippen molar-refractivity contribution < 1.29 is 4.74 Å². The molecular formula is C16H23BrN2O. The molecule has 1 saturated heterocycles. The molecule has 2 heterocycles. The van der Waals surface area contributed by atoms with E-state index in [4.69, 9.17) is 4.74 Å². The summed E-state index contributed by atoms with van der Waals surface area (Å²) < 4.78 is 7.23. The lowest BCUT2D eigenvalue weighted by molar-refractivity contribution is 0.111. The van der Waals surface area contributed by atoms with Crippen LogP contribution in [-0.2, 0) is 6.42 Å². The lowest BCUT2D eigenvalue weighted by Crippen LogP contribution is -2.43. The molecule has 0 amide bonds. The zero-order valence-corrected chi connectivity index (χ0v) is 13.7. The summed E-state index contributed by atoms with van der Waals surface area (Å²) in [6, 6.07) is 6.33. The van der Waals surface area contributed by atoms with Crippen LogP contribution in [0.15, 0.2) is 22.7 Å². The number of benzene rings is 1. The van der Waals surface area contributed by atoms with Crippen LogP contribution in [0, 0.1) is 5.92 Å². The van der Waals surface area contributed by atoms with Crippen LogP contribution in [0.4, 0.5) is 0 Å². The van der Waals surface area contributed by atoms with Gasteiger partial charge in [0.15, 0.2) is 0 Å². The van der Waals surface area contributed by atoms with Gasteiger partial charge in [0.2, 0.25) is 0 Å². The van der Waals surface area contributed by atoms with Gasteiger partial charge in [-0.1, -0.05) is 15.9 Å². The van der Waals surface area contributed by atoms with Crippen molar-refractivity contribution in [1.29, 1.82) is 0 Å². The van der Waals surface area contributed by atoms with Crippen LogP contribution in [0.5, 0.6) is 5.75 Å². The highest BCUT2D eigenvalue weighted by atomic mass is 79.9. The molecule has 3 nitrogen and oxygen atoms in total. The van der Waals surface area contributed by atoms with Crippen molar-refractivity contribution in [3.05, 3.63) is 28.2 Å². The van der Waals surface area contributed by atoms with E-state index in [9.17, 15) is 0 Å². The Morgan fingerprint density at radius 1 is 1.45 bits per heavy atom. The van der Waals surface area contributed by atoms with Gasteiger partial charge in [-0.15, -0.1) is 0 Å². The van der Waals surface area contributed by atoms with Gasteiger partial charge in [0.1, 0.15) is 11.9 Å². The third-order valence-corrected chi connectivity index (χ3v) is 4.81. The first-order valence-electron chi connectivity index (χ1n) is 7.56. The van der Waals surface area contributed by atoms with E-state index in [1.165, 1.54) is 31.5 Å². The minimum Gasteiger partial charge on any atom is -0.488 e. The number of ether oxygens (including phenoxy) is 1. The first-order valence-corrected chi connectivity index (χ1v) is 8.36. The maximum Gasteiger partial charge on any atom is 0.123 e. The summed E-state index contributed by atoms with van der Waals surface area (Å²) in [6.07, 6.45) is 4.04. The third-order valence-electron chi connectivity index (χ3n) is 4.32. The molecule has 2 aliphatic heterocycles. The molecule has 0 spiro atoms. The van der Waals surface area contributed by atoms with Crippen molar-refractivity contribution >= 4 is 15.9 Å². The van der Waals surface area contributed by atoms with Gasteiger partial charge in [0.25, 0.3) is 0 Å². The van der Waals surface area contributed by atoms with Gasteiger partial charge in [-0.05, 0) is 62.7 Å². The van der Waals surface area contributed by atoms with E-state index < -0.39 is 0 Å². The van der Waals surface area contributed by atoms with Crippen molar-refractivity contribution in [2.45, 2.75) is 25.4 Å². The van der Waals surface area contributed by atoms with E-state index in [2.05, 4.69) is 44.3 Å². The molecule has 0 bridgehead atoms. The maximum absolute atomic E-state index is 6.08. The fraction of sp³-hybridized carbons (Fsp3) is 0.625. The summed E-state index contributed by atoms with van der Waals surface area (Å²) >= 11 is 3.54. The lowest BCUT2D eigenvalue weighted by Gasteiger charge is -2.33. The second kappa shape index (κ2) is 6.46. The molecule has 3 rings (SSSR count). The smallest absolute Gasteiger partial charge is 0.123 e. The monoisotopic (exact) mass is 338 g/mol. The minimum absolute atomic E-state index is 0.327. The first kappa shape index (κ1) is 14.4. The average Bonchev–Trinajstić information content (AvgIpc) is 2.81. The van der Waals surface area contributed by atoms with Crippen molar-refractivity contribution in [2.75, 3.05) is 33.2 Å². The maximum atomic E-state index is 6.08. The molecule has 0 radical (unpaired) electrons. The molecule has 0 aromatic heterocycles. The van der Waals surface area contributed by atoms with Crippen LogP contribution in [0.25, 0.3) is 0 Å². The van der Waals surface area contributed by atoms with Crippen LogP contribution < -0.4 is 10.1 Å². The van der Waals surface area contributed by atoms with E-state index >= 15 is 0 Å². The fourth-order valence-electron chi connectivity index (χ4n) is 3.45. The third kappa shape index (κ3) is 3.35. The highest BCUT2D eigenvalue weighted by molar-refractivity contribution is 9.10. The summed E-state index contributed by atoms with van der Waals surface area (Å²) in [5.74, 6) is 1.87. The molecular weight excluding hydrogens is 316 g/mol. The normalized spacial score (nSPS) is 26.3. The topological polar surface area (TPSA) is 24.5 Å². The average molecular weight is 339 g/mol. The Hall–Kier alpha value is -0.580.